The van der Waals surface area contributed by atoms with E-state index < -0.39 is 12.0 Å². The Morgan fingerprint density at radius 1 is 1.14 bits per heavy atom. The van der Waals surface area contributed by atoms with Crippen LogP contribution in [0.15, 0.2) is 58.8 Å². The summed E-state index contributed by atoms with van der Waals surface area (Å²) >= 11 is 0. The van der Waals surface area contributed by atoms with Crippen LogP contribution in [0.3, 0.4) is 0 Å². The minimum atomic E-state index is -0.411. The fourth-order valence-corrected chi connectivity index (χ4v) is 3.57. The van der Waals surface area contributed by atoms with Crippen molar-refractivity contribution in [3.05, 3.63) is 65.2 Å². The molecule has 0 bridgehead atoms. The van der Waals surface area contributed by atoms with E-state index in [0.29, 0.717) is 12.1 Å². The molecule has 0 aliphatic carbocycles. The molecule has 0 saturated carbocycles. The van der Waals surface area contributed by atoms with Crippen molar-refractivity contribution in [3.8, 4) is 0 Å². The Labute approximate surface area is 162 Å². The molecular formula is C21H20N4O3. The summed E-state index contributed by atoms with van der Waals surface area (Å²) < 4.78 is 0. The van der Waals surface area contributed by atoms with Gasteiger partial charge in [-0.2, -0.15) is 5.11 Å². The second-order valence-electron chi connectivity index (χ2n) is 7.11. The maximum absolute atomic E-state index is 12.6. The summed E-state index contributed by atoms with van der Waals surface area (Å²) in [6.45, 7) is 2.58. The van der Waals surface area contributed by atoms with Crippen LogP contribution in [0.1, 0.15) is 33.9 Å². The van der Waals surface area contributed by atoms with Gasteiger partial charge < -0.3 is 10.2 Å². The van der Waals surface area contributed by atoms with E-state index in [-0.39, 0.29) is 30.7 Å². The number of azo groups is 1. The summed E-state index contributed by atoms with van der Waals surface area (Å²) in [5, 5.41) is 10.6. The Balaban J connectivity index is 1.40. The fourth-order valence-electron chi connectivity index (χ4n) is 3.57. The zero-order chi connectivity index (χ0) is 19.7. The highest BCUT2D eigenvalue weighted by Gasteiger charge is 2.35. The lowest BCUT2D eigenvalue weighted by Crippen LogP contribution is -2.35. The van der Waals surface area contributed by atoms with E-state index in [9.17, 15) is 14.4 Å². The average Bonchev–Trinajstić information content (AvgIpc) is 3.10. The van der Waals surface area contributed by atoms with E-state index in [0.717, 1.165) is 16.8 Å². The highest BCUT2D eigenvalue weighted by Crippen LogP contribution is 2.28. The summed E-state index contributed by atoms with van der Waals surface area (Å²) in [6.07, 6.45) is 0.182. The first-order chi connectivity index (χ1) is 13.5. The number of aryl methyl sites for hydroxylation is 1. The lowest BCUT2D eigenvalue weighted by molar-refractivity contribution is -0.126. The Kier molecular flexibility index (Phi) is 4.73. The van der Waals surface area contributed by atoms with E-state index in [1.54, 1.807) is 17.0 Å². The first kappa shape index (κ1) is 18.0. The quantitative estimate of drug-likeness (QED) is 0.889. The van der Waals surface area contributed by atoms with Crippen molar-refractivity contribution in [2.45, 2.75) is 19.4 Å². The molecule has 1 saturated heterocycles. The number of hydrogen-bond donors (Lipinski definition) is 1. The molecule has 2 heterocycles. The van der Waals surface area contributed by atoms with Gasteiger partial charge >= 0.3 is 0 Å². The molecule has 0 spiro atoms. The zero-order valence-corrected chi connectivity index (χ0v) is 15.5. The Bertz CT molecular complexity index is 968. The molecule has 2 aliphatic heterocycles. The molecule has 7 heteroatoms. The molecule has 3 amide bonds. The van der Waals surface area contributed by atoms with Gasteiger partial charge in [-0.1, -0.05) is 35.9 Å². The van der Waals surface area contributed by atoms with Crippen LogP contribution >= 0.6 is 0 Å². The number of carbonyl (C=O) groups excluding carboxylic acids is 3. The molecule has 1 fully saturated rings. The van der Waals surface area contributed by atoms with Crippen molar-refractivity contribution < 1.29 is 14.4 Å². The van der Waals surface area contributed by atoms with Gasteiger partial charge in [0.15, 0.2) is 0 Å². The largest absolute Gasteiger partial charge is 0.353 e. The highest BCUT2D eigenvalue weighted by molar-refractivity contribution is 6.00. The highest BCUT2D eigenvalue weighted by atomic mass is 16.2. The summed E-state index contributed by atoms with van der Waals surface area (Å²) in [5.74, 6) is -1.02. The van der Waals surface area contributed by atoms with E-state index in [1.165, 1.54) is 0 Å². The van der Waals surface area contributed by atoms with Gasteiger partial charge in [-0.25, -0.2) is 0 Å². The molecule has 2 atom stereocenters. The lowest BCUT2D eigenvalue weighted by Gasteiger charge is -2.20. The smallest absolute Gasteiger partial charge is 0.295 e. The number of anilines is 1. The van der Waals surface area contributed by atoms with Crippen LogP contribution in [0.5, 0.6) is 0 Å². The summed E-state index contributed by atoms with van der Waals surface area (Å²) in [4.78, 5) is 38.4. The topological polar surface area (TPSA) is 91.2 Å². The first-order valence-corrected chi connectivity index (χ1v) is 9.22. The number of nitrogens with zero attached hydrogens (tertiary/aromatic N) is 3. The molecule has 2 aromatic rings. The Hall–Kier alpha value is -3.35. The third kappa shape index (κ3) is 3.43. The summed E-state index contributed by atoms with van der Waals surface area (Å²) in [5.41, 5.74) is 3.19. The van der Waals surface area contributed by atoms with Gasteiger partial charge in [0.25, 0.3) is 5.91 Å². The van der Waals surface area contributed by atoms with Gasteiger partial charge in [-0.3, -0.25) is 14.4 Å². The van der Waals surface area contributed by atoms with Crippen LogP contribution in [0.2, 0.25) is 0 Å². The molecule has 2 aromatic carbocycles. The average molecular weight is 376 g/mol. The third-order valence-corrected chi connectivity index (χ3v) is 5.15. The van der Waals surface area contributed by atoms with Crippen LogP contribution in [0.25, 0.3) is 0 Å². The van der Waals surface area contributed by atoms with Gasteiger partial charge in [-0.15, -0.1) is 5.11 Å². The van der Waals surface area contributed by atoms with E-state index in [1.807, 2.05) is 43.3 Å². The predicted molar refractivity (Wildman–Crippen MR) is 103 cm³/mol. The third-order valence-electron chi connectivity index (χ3n) is 5.15. The molecule has 142 valence electrons. The number of amides is 3. The van der Waals surface area contributed by atoms with Crippen LogP contribution in [-0.2, 0) is 9.59 Å². The first-order valence-electron chi connectivity index (χ1n) is 9.22. The zero-order valence-electron chi connectivity index (χ0n) is 15.5. The van der Waals surface area contributed by atoms with Gasteiger partial charge in [0, 0.05) is 30.8 Å². The minimum Gasteiger partial charge on any atom is -0.353 e. The molecule has 7 nitrogen and oxygen atoms in total. The van der Waals surface area contributed by atoms with Gasteiger partial charge in [0.05, 0.1) is 5.92 Å². The van der Waals surface area contributed by atoms with Gasteiger partial charge in [-0.05, 0) is 30.7 Å². The molecule has 1 N–H and O–H groups in total. The van der Waals surface area contributed by atoms with Gasteiger partial charge in [0.2, 0.25) is 11.8 Å². The monoisotopic (exact) mass is 376 g/mol. The Morgan fingerprint density at radius 3 is 2.68 bits per heavy atom. The second kappa shape index (κ2) is 7.34. The van der Waals surface area contributed by atoms with Crippen molar-refractivity contribution in [1.82, 2.24) is 5.32 Å². The number of benzene rings is 2. The van der Waals surface area contributed by atoms with Gasteiger partial charge in [0.1, 0.15) is 6.04 Å². The molecule has 0 aromatic heterocycles. The molecule has 4 rings (SSSR count). The van der Waals surface area contributed by atoms with E-state index >= 15 is 0 Å². The molecule has 0 radical (unpaired) electrons. The summed E-state index contributed by atoms with van der Waals surface area (Å²) in [7, 11) is 0. The second-order valence-corrected chi connectivity index (χ2v) is 7.11. The molecule has 2 unspecified atom stereocenters. The van der Waals surface area contributed by atoms with Crippen molar-refractivity contribution in [2.75, 3.05) is 18.0 Å². The number of rotatable bonds is 4. The van der Waals surface area contributed by atoms with Crippen molar-refractivity contribution in [3.63, 3.8) is 0 Å². The molecule has 2 aliphatic rings. The minimum absolute atomic E-state index is 0.0581. The van der Waals surface area contributed by atoms with Crippen LogP contribution in [0, 0.1) is 12.8 Å². The van der Waals surface area contributed by atoms with Crippen LogP contribution in [0.4, 0.5) is 5.69 Å². The van der Waals surface area contributed by atoms with Crippen molar-refractivity contribution >= 4 is 23.4 Å². The van der Waals surface area contributed by atoms with Crippen molar-refractivity contribution in [1.29, 1.82) is 0 Å². The SMILES string of the molecule is Cc1ccc(N2CC(C(=O)NCC3N=NC(=O)c4ccccc43)CC2=O)cc1. The van der Waals surface area contributed by atoms with Crippen LogP contribution < -0.4 is 10.2 Å². The maximum atomic E-state index is 12.6. The normalized spacial score (nSPS) is 21.0. The lowest BCUT2D eigenvalue weighted by atomic mass is 9.99. The van der Waals surface area contributed by atoms with Crippen molar-refractivity contribution in [2.24, 2.45) is 16.1 Å². The predicted octanol–water partition coefficient (Wildman–Crippen LogP) is 2.81. The van der Waals surface area contributed by atoms with Crippen LogP contribution in [-0.4, -0.2) is 30.8 Å². The molecule has 28 heavy (non-hydrogen) atoms. The van der Waals surface area contributed by atoms with E-state index in [2.05, 4.69) is 15.5 Å². The number of nitrogens with one attached hydrogen (secondary N) is 1. The Morgan fingerprint density at radius 2 is 1.89 bits per heavy atom. The fraction of sp³-hybridized carbons (Fsp3) is 0.286. The standard InChI is InChI=1S/C21H20N4O3/c1-13-6-8-15(9-7-13)25-12-14(10-19(25)26)20(27)22-11-18-16-4-2-3-5-17(16)21(28)24-23-18/h2-9,14,18H,10-12H2,1H3,(H,22,27). The number of hydrogen-bond acceptors (Lipinski definition) is 4. The number of fused-ring (bicyclic) bond motifs is 1. The van der Waals surface area contributed by atoms with E-state index in [4.69, 9.17) is 0 Å². The molecular weight excluding hydrogens is 356 g/mol. The maximum Gasteiger partial charge on any atom is 0.295 e. The summed E-state index contributed by atoms with van der Waals surface area (Å²) in [6, 6.07) is 14.4. The number of carbonyl (C=O) groups is 3.